The highest BCUT2D eigenvalue weighted by Crippen LogP contribution is 1.98. The number of aliphatic carboxylic acids is 1. The summed E-state index contributed by atoms with van der Waals surface area (Å²) in [6.45, 7) is 7.50. The number of nitrogens with zero attached hydrogens (tertiary/aromatic N) is 1. The number of carboxylic acid groups (broad SMARTS) is 1. The Labute approximate surface area is 92.0 Å². The van der Waals surface area contributed by atoms with E-state index in [1.807, 2.05) is 6.92 Å². The van der Waals surface area contributed by atoms with Gasteiger partial charge >= 0.3 is 5.97 Å². The average Bonchev–Trinajstić information content (AvgIpc) is 2.22. The van der Waals surface area contributed by atoms with E-state index in [2.05, 4.69) is 24.2 Å². The molecule has 0 rings (SSSR count). The Kier molecular flexibility index (Phi) is 7.95. The summed E-state index contributed by atoms with van der Waals surface area (Å²) in [5.41, 5.74) is 0.478. The third kappa shape index (κ3) is 7.11. The summed E-state index contributed by atoms with van der Waals surface area (Å²) in [5.74, 6) is -0.815. The minimum absolute atomic E-state index is 0.478. The molecule has 0 aromatic rings. The van der Waals surface area contributed by atoms with E-state index in [1.54, 1.807) is 6.08 Å². The van der Waals surface area contributed by atoms with Crippen LogP contribution < -0.4 is 5.32 Å². The third-order valence-electron chi connectivity index (χ3n) is 2.36. The molecule has 0 aromatic carbocycles. The maximum atomic E-state index is 10.6. The predicted octanol–water partition coefficient (Wildman–Crippen LogP) is 0.949. The van der Waals surface area contributed by atoms with E-state index in [-0.39, 0.29) is 0 Å². The summed E-state index contributed by atoms with van der Waals surface area (Å²) in [6.07, 6.45) is 2.32. The van der Waals surface area contributed by atoms with Crippen molar-refractivity contribution in [1.29, 1.82) is 0 Å². The summed E-state index contributed by atoms with van der Waals surface area (Å²) < 4.78 is 0. The molecule has 0 aromatic heterocycles. The van der Waals surface area contributed by atoms with Crippen LogP contribution in [0.4, 0.5) is 0 Å². The van der Waals surface area contributed by atoms with Crippen molar-refractivity contribution in [3.05, 3.63) is 11.6 Å². The average molecular weight is 214 g/mol. The molecule has 0 saturated carbocycles. The standard InChI is InChI=1S/C11H22N2O2/c1-4-10(11(14)15)6-7-12-8-9-13(3)5-2/h6,12H,4-5,7-9H2,1-3H3,(H,14,15)/b10-6-. The van der Waals surface area contributed by atoms with Crippen molar-refractivity contribution in [3.63, 3.8) is 0 Å². The minimum Gasteiger partial charge on any atom is -0.478 e. The molecular formula is C11H22N2O2. The highest BCUT2D eigenvalue weighted by Gasteiger charge is 2.02. The minimum atomic E-state index is -0.815. The van der Waals surface area contributed by atoms with Gasteiger partial charge in [0.05, 0.1) is 0 Å². The fraction of sp³-hybridized carbons (Fsp3) is 0.727. The van der Waals surface area contributed by atoms with Crippen molar-refractivity contribution < 1.29 is 9.90 Å². The summed E-state index contributed by atoms with van der Waals surface area (Å²) in [6, 6.07) is 0. The van der Waals surface area contributed by atoms with Crippen LogP contribution in [0.25, 0.3) is 0 Å². The van der Waals surface area contributed by atoms with Gasteiger partial charge in [-0.2, -0.15) is 0 Å². The van der Waals surface area contributed by atoms with Gasteiger partial charge in [0.15, 0.2) is 0 Å². The zero-order valence-corrected chi connectivity index (χ0v) is 9.92. The van der Waals surface area contributed by atoms with E-state index < -0.39 is 5.97 Å². The molecule has 0 heterocycles. The number of carbonyl (C=O) groups is 1. The fourth-order valence-electron chi connectivity index (χ4n) is 1.11. The second kappa shape index (κ2) is 8.44. The van der Waals surface area contributed by atoms with Gasteiger partial charge in [-0.15, -0.1) is 0 Å². The Hall–Kier alpha value is -0.870. The molecule has 2 N–H and O–H groups in total. The first-order valence-corrected chi connectivity index (χ1v) is 5.43. The molecule has 0 radical (unpaired) electrons. The van der Waals surface area contributed by atoms with Crippen LogP contribution in [-0.4, -0.2) is 49.2 Å². The molecule has 0 aliphatic carbocycles. The van der Waals surface area contributed by atoms with Gasteiger partial charge in [0.1, 0.15) is 0 Å². The molecule has 0 aliphatic rings. The summed E-state index contributed by atoms with van der Waals surface area (Å²) in [5, 5.41) is 11.9. The molecule has 0 amide bonds. The van der Waals surface area contributed by atoms with Crippen molar-refractivity contribution >= 4 is 5.97 Å². The van der Waals surface area contributed by atoms with E-state index in [4.69, 9.17) is 5.11 Å². The summed E-state index contributed by atoms with van der Waals surface area (Å²) in [7, 11) is 2.06. The Morgan fingerprint density at radius 1 is 1.47 bits per heavy atom. The van der Waals surface area contributed by atoms with E-state index in [9.17, 15) is 4.79 Å². The molecule has 0 spiro atoms. The quantitative estimate of drug-likeness (QED) is 0.466. The number of hydrogen-bond donors (Lipinski definition) is 2. The molecule has 88 valence electrons. The number of rotatable bonds is 8. The highest BCUT2D eigenvalue weighted by molar-refractivity contribution is 5.86. The van der Waals surface area contributed by atoms with Crippen molar-refractivity contribution in [2.75, 3.05) is 33.2 Å². The molecule has 0 fully saturated rings. The summed E-state index contributed by atoms with van der Waals surface area (Å²) in [4.78, 5) is 12.8. The molecule has 4 nitrogen and oxygen atoms in total. The van der Waals surface area contributed by atoms with Crippen LogP contribution in [0.3, 0.4) is 0 Å². The first-order valence-electron chi connectivity index (χ1n) is 5.43. The second-order valence-corrected chi connectivity index (χ2v) is 3.49. The Bertz CT molecular complexity index is 215. The topological polar surface area (TPSA) is 52.6 Å². The lowest BCUT2D eigenvalue weighted by molar-refractivity contribution is -0.132. The molecule has 0 saturated heterocycles. The monoisotopic (exact) mass is 214 g/mol. The molecule has 0 atom stereocenters. The van der Waals surface area contributed by atoms with Crippen LogP contribution in [0.15, 0.2) is 11.6 Å². The van der Waals surface area contributed by atoms with Crippen LogP contribution in [-0.2, 0) is 4.79 Å². The second-order valence-electron chi connectivity index (χ2n) is 3.49. The van der Waals surface area contributed by atoms with Gasteiger partial charge in [-0.1, -0.05) is 19.9 Å². The smallest absolute Gasteiger partial charge is 0.331 e. The van der Waals surface area contributed by atoms with Gasteiger partial charge in [-0.25, -0.2) is 4.79 Å². The highest BCUT2D eigenvalue weighted by atomic mass is 16.4. The molecule has 0 aliphatic heterocycles. The van der Waals surface area contributed by atoms with Crippen molar-refractivity contribution in [3.8, 4) is 0 Å². The fourth-order valence-corrected chi connectivity index (χ4v) is 1.11. The van der Waals surface area contributed by atoms with Gasteiger partial charge < -0.3 is 15.3 Å². The SMILES string of the molecule is CC/C(=C/CNCCN(C)CC)C(=O)O. The zero-order valence-electron chi connectivity index (χ0n) is 9.92. The van der Waals surface area contributed by atoms with Gasteiger partial charge in [-0.3, -0.25) is 0 Å². The molecule has 0 bridgehead atoms. The number of carboxylic acids is 1. The normalized spacial score (nSPS) is 12.1. The lowest BCUT2D eigenvalue weighted by Gasteiger charge is -2.13. The lowest BCUT2D eigenvalue weighted by Crippen LogP contribution is -2.29. The molecule has 0 unspecified atom stereocenters. The molecule has 15 heavy (non-hydrogen) atoms. The van der Waals surface area contributed by atoms with E-state index in [0.29, 0.717) is 18.5 Å². The number of hydrogen-bond acceptors (Lipinski definition) is 3. The van der Waals surface area contributed by atoms with E-state index in [0.717, 1.165) is 19.6 Å². The number of likely N-dealkylation sites (N-methyl/N-ethyl adjacent to an activating group) is 1. The van der Waals surface area contributed by atoms with Gasteiger partial charge in [0, 0.05) is 25.2 Å². The van der Waals surface area contributed by atoms with Crippen LogP contribution in [0, 0.1) is 0 Å². The van der Waals surface area contributed by atoms with Crippen molar-refractivity contribution in [2.45, 2.75) is 20.3 Å². The summed E-state index contributed by atoms with van der Waals surface area (Å²) >= 11 is 0. The van der Waals surface area contributed by atoms with Crippen LogP contribution >= 0.6 is 0 Å². The van der Waals surface area contributed by atoms with Gasteiger partial charge in [-0.05, 0) is 20.0 Å². The predicted molar refractivity (Wildman–Crippen MR) is 62.1 cm³/mol. The van der Waals surface area contributed by atoms with Crippen LogP contribution in [0.1, 0.15) is 20.3 Å². The largest absolute Gasteiger partial charge is 0.478 e. The first-order chi connectivity index (χ1) is 7.11. The maximum Gasteiger partial charge on any atom is 0.331 e. The Balaban J connectivity index is 3.64. The van der Waals surface area contributed by atoms with E-state index in [1.165, 1.54) is 0 Å². The lowest BCUT2D eigenvalue weighted by atomic mass is 10.2. The van der Waals surface area contributed by atoms with Gasteiger partial charge in [0.2, 0.25) is 0 Å². The van der Waals surface area contributed by atoms with Crippen molar-refractivity contribution in [2.24, 2.45) is 0 Å². The van der Waals surface area contributed by atoms with Crippen LogP contribution in [0.5, 0.6) is 0 Å². The Morgan fingerprint density at radius 2 is 2.13 bits per heavy atom. The maximum absolute atomic E-state index is 10.6. The van der Waals surface area contributed by atoms with Crippen LogP contribution in [0.2, 0.25) is 0 Å². The third-order valence-corrected chi connectivity index (χ3v) is 2.36. The van der Waals surface area contributed by atoms with Gasteiger partial charge in [0.25, 0.3) is 0 Å². The van der Waals surface area contributed by atoms with E-state index >= 15 is 0 Å². The number of nitrogens with one attached hydrogen (secondary N) is 1. The molecule has 4 heteroatoms. The van der Waals surface area contributed by atoms with Crippen molar-refractivity contribution in [1.82, 2.24) is 10.2 Å². The zero-order chi connectivity index (χ0) is 11.7. The first kappa shape index (κ1) is 14.1. The molecular weight excluding hydrogens is 192 g/mol. The Morgan fingerprint density at radius 3 is 2.60 bits per heavy atom.